The summed E-state index contributed by atoms with van der Waals surface area (Å²) in [5.74, 6) is -0.319. The zero-order chi connectivity index (χ0) is 14.7. The molecular weight excluding hydrogens is 363 g/mol. The third kappa shape index (κ3) is 3.45. The van der Waals surface area contributed by atoms with Crippen molar-refractivity contribution < 1.29 is 4.79 Å². The molecule has 1 amide bonds. The maximum atomic E-state index is 12.1. The van der Waals surface area contributed by atoms with E-state index in [0.29, 0.717) is 12.2 Å². The summed E-state index contributed by atoms with van der Waals surface area (Å²) >= 11 is 15.3. The second-order valence-electron chi connectivity index (χ2n) is 4.14. The van der Waals surface area contributed by atoms with Crippen LogP contribution in [0.5, 0.6) is 0 Å². The van der Waals surface area contributed by atoms with Crippen molar-refractivity contribution in [3.05, 3.63) is 62.0 Å². The number of halogens is 3. The molecule has 6 heteroatoms. The standard InChI is InChI=1S/C14H11BrCl2N2O/c15-11-4-2-1-3-8(11)7-19-14(20)10-5-9(18)6-12(16)13(10)17/h1-6H,7,18H2,(H,19,20). The number of nitrogens with one attached hydrogen (secondary N) is 1. The molecule has 0 aliphatic heterocycles. The number of nitrogen functional groups attached to an aromatic ring is 1. The van der Waals surface area contributed by atoms with Crippen molar-refractivity contribution in [2.45, 2.75) is 6.54 Å². The minimum Gasteiger partial charge on any atom is -0.399 e. The number of hydrogen-bond donors (Lipinski definition) is 2. The first-order valence-corrected chi connectivity index (χ1v) is 7.30. The largest absolute Gasteiger partial charge is 0.399 e. The van der Waals surface area contributed by atoms with Crippen LogP contribution in [0.4, 0.5) is 5.69 Å². The average Bonchev–Trinajstić information content (AvgIpc) is 2.41. The van der Waals surface area contributed by atoms with E-state index in [1.54, 1.807) is 0 Å². The van der Waals surface area contributed by atoms with Gasteiger partial charge in [0.05, 0.1) is 15.6 Å². The highest BCUT2D eigenvalue weighted by Crippen LogP contribution is 2.28. The molecule has 2 aromatic rings. The molecule has 104 valence electrons. The molecule has 0 atom stereocenters. The molecule has 3 nitrogen and oxygen atoms in total. The summed E-state index contributed by atoms with van der Waals surface area (Å²) in [6.07, 6.45) is 0. The zero-order valence-electron chi connectivity index (χ0n) is 10.3. The van der Waals surface area contributed by atoms with Gasteiger partial charge in [-0.2, -0.15) is 0 Å². The normalized spacial score (nSPS) is 10.3. The van der Waals surface area contributed by atoms with Crippen molar-refractivity contribution in [3.8, 4) is 0 Å². The Hall–Kier alpha value is -1.23. The van der Waals surface area contributed by atoms with Gasteiger partial charge in [0, 0.05) is 16.7 Å². The minimum absolute atomic E-state index is 0.200. The van der Waals surface area contributed by atoms with Crippen molar-refractivity contribution in [1.29, 1.82) is 0 Å². The van der Waals surface area contributed by atoms with Gasteiger partial charge < -0.3 is 11.1 Å². The second kappa shape index (κ2) is 6.48. The molecule has 0 aliphatic carbocycles. The fourth-order valence-electron chi connectivity index (χ4n) is 1.69. The van der Waals surface area contributed by atoms with Crippen molar-refractivity contribution >= 4 is 50.7 Å². The first kappa shape index (κ1) is 15.2. The summed E-state index contributed by atoms with van der Waals surface area (Å²) in [5, 5.41) is 3.25. The SMILES string of the molecule is Nc1cc(Cl)c(Cl)c(C(=O)NCc2ccccc2Br)c1. The first-order chi connectivity index (χ1) is 9.49. The van der Waals surface area contributed by atoms with Gasteiger partial charge >= 0.3 is 0 Å². The second-order valence-corrected chi connectivity index (χ2v) is 5.78. The van der Waals surface area contributed by atoms with E-state index in [1.165, 1.54) is 12.1 Å². The van der Waals surface area contributed by atoms with Crippen LogP contribution in [-0.2, 0) is 6.54 Å². The molecule has 2 aromatic carbocycles. The number of hydrogen-bond acceptors (Lipinski definition) is 2. The third-order valence-electron chi connectivity index (χ3n) is 2.69. The van der Waals surface area contributed by atoms with Crippen LogP contribution in [0, 0.1) is 0 Å². The quantitative estimate of drug-likeness (QED) is 0.789. The Kier molecular flexibility index (Phi) is 4.91. The lowest BCUT2D eigenvalue weighted by Gasteiger charge is -2.10. The van der Waals surface area contributed by atoms with E-state index in [9.17, 15) is 4.79 Å². The fourth-order valence-corrected chi connectivity index (χ4v) is 2.54. The molecule has 0 bridgehead atoms. The summed E-state index contributed by atoms with van der Waals surface area (Å²) in [5.41, 5.74) is 7.29. The third-order valence-corrected chi connectivity index (χ3v) is 4.27. The van der Waals surface area contributed by atoms with Crippen LogP contribution in [0.2, 0.25) is 10.0 Å². The van der Waals surface area contributed by atoms with E-state index in [4.69, 9.17) is 28.9 Å². The van der Waals surface area contributed by atoms with E-state index >= 15 is 0 Å². The zero-order valence-corrected chi connectivity index (χ0v) is 13.4. The summed E-state index contributed by atoms with van der Waals surface area (Å²) < 4.78 is 0.928. The van der Waals surface area contributed by atoms with Crippen molar-refractivity contribution in [2.24, 2.45) is 0 Å². The summed E-state index contributed by atoms with van der Waals surface area (Å²) in [7, 11) is 0. The van der Waals surface area contributed by atoms with Crippen LogP contribution in [0.1, 0.15) is 15.9 Å². The van der Waals surface area contributed by atoms with E-state index < -0.39 is 0 Å². The fraction of sp³-hybridized carbons (Fsp3) is 0.0714. The van der Waals surface area contributed by atoms with Gasteiger partial charge in [0.25, 0.3) is 5.91 Å². The van der Waals surface area contributed by atoms with Gasteiger partial charge in [-0.15, -0.1) is 0 Å². The highest BCUT2D eigenvalue weighted by atomic mass is 79.9. The summed E-state index contributed by atoms with van der Waals surface area (Å²) in [6.45, 7) is 0.378. The van der Waals surface area contributed by atoms with E-state index in [1.807, 2.05) is 24.3 Å². The Morgan fingerprint density at radius 1 is 1.25 bits per heavy atom. The lowest BCUT2D eigenvalue weighted by atomic mass is 10.1. The molecule has 0 aliphatic rings. The van der Waals surface area contributed by atoms with Gasteiger partial charge in [0.1, 0.15) is 0 Å². The monoisotopic (exact) mass is 372 g/mol. The highest BCUT2D eigenvalue weighted by molar-refractivity contribution is 9.10. The molecule has 0 aromatic heterocycles. The number of anilines is 1. The number of nitrogens with two attached hydrogens (primary N) is 1. The Bertz CT molecular complexity index is 662. The number of carbonyl (C=O) groups excluding carboxylic acids is 1. The Balaban J connectivity index is 2.15. The maximum Gasteiger partial charge on any atom is 0.253 e. The Labute approximate surface area is 135 Å². The van der Waals surface area contributed by atoms with Gasteiger partial charge in [-0.05, 0) is 23.8 Å². The minimum atomic E-state index is -0.319. The highest BCUT2D eigenvalue weighted by Gasteiger charge is 2.14. The summed E-state index contributed by atoms with van der Waals surface area (Å²) in [6, 6.07) is 10.6. The molecule has 0 saturated heterocycles. The van der Waals surface area contributed by atoms with Crippen LogP contribution in [-0.4, -0.2) is 5.91 Å². The van der Waals surface area contributed by atoms with Crippen molar-refractivity contribution in [1.82, 2.24) is 5.32 Å². The molecule has 0 saturated carbocycles. The first-order valence-electron chi connectivity index (χ1n) is 5.75. The molecule has 20 heavy (non-hydrogen) atoms. The lowest BCUT2D eigenvalue weighted by molar-refractivity contribution is 0.0951. The number of amides is 1. The van der Waals surface area contributed by atoms with Gasteiger partial charge in [-0.1, -0.05) is 57.3 Å². The smallest absolute Gasteiger partial charge is 0.253 e. The molecule has 2 rings (SSSR count). The topological polar surface area (TPSA) is 55.1 Å². The number of rotatable bonds is 3. The predicted molar refractivity (Wildman–Crippen MR) is 86.2 cm³/mol. The Morgan fingerprint density at radius 3 is 2.65 bits per heavy atom. The van der Waals surface area contributed by atoms with Crippen LogP contribution in [0.15, 0.2) is 40.9 Å². The van der Waals surface area contributed by atoms with E-state index in [2.05, 4.69) is 21.2 Å². The molecule has 0 fully saturated rings. The molecule has 0 spiro atoms. The lowest BCUT2D eigenvalue weighted by Crippen LogP contribution is -2.23. The van der Waals surface area contributed by atoms with Gasteiger partial charge in [0.15, 0.2) is 0 Å². The van der Waals surface area contributed by atoms with Crippen LogP contribution in [0.3, 0.4) is 0 Å². The number of carbonyl (C=O) groups is 1. The van der Waals surface area contributed by atoms with Crippen LogP contribution < -0.4 is 11.1 Å². The summed E-state index contributed by atoms with van der Waals surface area (Å²) in [4.78, 5) is 12.1. The average molecular weight is 374 g/mol. The van der Waals surface area contributed by atoms with Crippen molar-refractivity contribution in [3.63, 3.8) is 0 Å². The van der Waals surface area contributed by atoms with Crippen molar-refractivity contribution in [2.75, 3.05) is 5.73 Å². The maximum absolute atomic E-state index is 12.1. The molecule has 0 unspecified atom stereocenters. The van der Waals surface area contributed by atoms with E-state index in [-0.39, 0.29) is 21.5 Å². The number of benzene rings is 2. The predicted octanol–water partition coefficient (Wildman–Crippen LogP) is 4.27. The van der Waals surface area contributed by atoms with Crippen LogP contribution >= 0.6 is 39.1 Å². The Morgan fingerprint density at radius 2 is 1.95 bits per heavy atom. The molecule has 0 heterocycles. The molecular formula is C14H11BrCl2N2O. The van der Waals surface area contributed by atoms with Gasteiger partial charge in [-0.3, -0.25) is 4.79 Å². The molecule has 0 radical (unpaired) electrons. The van der Waals surface area contributed by atoms with Gasteiger partial charge in [0.2, 0.25) is 0 Å². The van der Waals surface area contributed by atoms with Crippen LogP contribution in [0.25, 0.3) is 0 Å². The molecule has 3 N–H and O–H groups in total. The van der Waals surface area contributed by atoms with E-state index in [0.717, 1.165) is 10.0 Å². The van der Waals surface area contributed by atoms with Gasteiger partial charge in [-0.25, -0.2) is 0 Å².